The number of rotatable bonds is 7. The lowest BCUT2D eigenvalue weighted by molar-refractivity contribution is -0.140. The van der Waals surface area contributed by atoms with Crippen molar-refractivity contribution in [2.24, 2.45) is 0 Å². The number of hydrogen-bond donors (Lipinski definition) is 2. The van der Waals surface area contributed by atoms with Gasteiger partial charge in [-0.05, 0) is 62.2 Å². The van der Waals surface area contributed by atoms with Crippen LogP contribution in [-0.2, 0) is 14.3 Å². The molecule has 0 aliphatic carbocycles. The van der Waals surface area contributed by atoms with Gasteiger partial charge in [0.2, 0.25) is 0 Å². The zero-order valence-corrected chi connectivity index (χ0v) is 18.4. The molecule has 1 amide bonds. The number of aliphatic hydroxyl groups is 1. The average molecular weight is 443 g/mol. The minimum Gasteiger partial charge on any atom is -0.507 e. The zero-order valence-electron chi connectivity index (χ0n) is 18.4. The van der Waals surface area contributed by atoms with Gasteiger partial charge in [0, 0.05) is 12.1 Å². The molecule has 32 heavy (non-hydrogen) atoms. The van der Waals surface area contributed by atoms with Crippen LogP contribution in [0.4, 0.5) is 4.39 Å². The fraction of sp³-hybridized carbons (Fsp3) is 0.333. The molecule has 0 radical (unpaired) electrons. The van der Waals surface area contributed by atoms with E-state index >= 15 is 0 Å². The van der Waals surface area contributed by atoms with Gasteiger partial charge in [-0.2, -0.15) is 0 Å². The summed E-state index contributed by atoms with van der Waals surface area (Å²) in [6, 6.07) is 7.47. The third kappa shape index (κ3) is 4.45. The Balaban J connectivity index is 2.14. The summed E-state index contributed by atoms with van der Waals surface area (Å²) in [5.74, 6) is -2.48. The maximum absolute atomic E-state index is 13.7. The van der Waals surface area contributed by atoms with Crippen LogP contribution in [0.1, 0.15) is 36.6 Å². The van der Waals surface area contributed by atoms with Crippen LogP contribution in [0.15, 0.2) is 42.0 Å². The Morgan fingerprint density at radius 3 is 2.50 bits per heavy atom. The highest BCUT2D eigenvalue weighted by Gasteiger charge is 2.46. The minimum atomic E-state index is -0.965. The third-order valence-electron chi connectivity index (χ3n) is 5.27. The second-order valence-electron chi connectivity index (χ2n) is 7.81. The number of ketones is 1. The van der Waals surface area contributed by atoms with E-state index in [0.717, 1.165) is 0 Å². The molecular formula is C24H26FNO6. The predicted molar refractivity (Wildman–Crippen MR) is 116 cm³/mol. The molecule has 1 heterocycles. The predicted octanol–water partition coefficient (Wildman–Crippen LogP) is 3.70. The topological polar surface area (TPSA) is 96.3 Å². The van der Waals surface area contributed by atoms with Gasteiger partial charge in [-0.25, -0.2) is 4.39 Å². The standard InChI is InChI=1S/C24H26FNO6/c1-13(2)32-10-9-26-21(15-6-8-19(31-4)18(27)12-15)20(23(29)24(26)30)22(28)16-5-7-17(25)14(3)11-16/h5-8,11-13,21,27-28H,9-10H2,1-4H3/b22-20-. The van der Waals surface area contributed by atoms with E-state index in [2.05, 4.69) is 0 Å². The summed E-state index contributed by atoms with van der Waals surface area (Å²) >= 11 is 0. The van der Waals surface area contributed by atoms with E-state index in [1.807, 2.05) is 13.8 Å². The maximum atomic E-state index is 13.7. The van der Waals surface area contributed by atoms with E-state index in [0.29, 0.717) is 5.56 Å². The van der Waals surface area contributed by atoms with Gasteiger partial charge in [0.15, 0.2) is 11.5 Å². The SMILES string of the molecule is COc1ccc(C2/C(=C(/O)c3ccc(F)c(C)c3)C(=O)C(=O)N2CCOC(C)C)cc1O. The van der Waals surface area contributed by atoms with Crippen molar-refractivity contribution in [3.63, 3.8) is 0 Å². The van der Waals surface area contributed by atoms with Crippen molar-refractivity contribution < 1.29 is 33.7 Å². The van der Waals surface area contributed by atoms with E-state index < -0.39 is 29.3 Å². The van der Waals surface area contributed by atoms with Gasteiger partial charge in [-0.3, -0.25) is 9.59 Å². The summed E-state index contributed by atoms with van der Waals surface area (Å²) in [7, 11) is 1.40. The fourth-order valence-corrected chi connectivity index (χ4v) is 3.67. The van der Waals surface area contributed by atoms with E-state index in [9.17, 15) is 24.2 Å². The van der Waals surface area contributed by atoms with Crippen LogP contribution in [-0.4, -0.2) is 53.2 Å². The molecule has 1 unspecified atom stereocenters. The molecule has 0 spiro atoms. The number of nitrogens with zero attached hydrogens (tertiary/aromatic N) is 1. The summed E-state index contributed by atoms with van der Waals surface area (Å²) in [4.78, 5) is 27.1. The smallest absolute Gasteiger partial charge is 0.295 e. The van der Waals surface area contributed by atoms with Crippen molar-refractivity contribution >= 4 is 17.4 Å². The van der Waals surface area contributed by atoms with Crippen molar-refractivity contribution in [1.29, 1.82) is 0 Å². The van der Waals surface area contributed by atoms with Gasteiger partial charge in [-0.15, -0.1) is 0 Å². The molecule has 1 aliphatic rings. The summed E-state index contributed by atoms with van der Waals surface area (Å²) in [6.45, 7) is 5.51. The number of aliphatic hydroxyl groups excluding tert-OH is 1. The van der Waals surface area contributed by atoms with Gasteiger partial charge in [-0.1, -0.05) is 6.07 Å². The largest absolute Gasteiger partial charge is 0.507 e. The molecule has 1 saturated heterocycles. The Hall–Kier alpha value is -3.39. The van der Waals surface area contributed by atoms with Crippen LogP contribution in [0.25, 0.3) is 5.76 Å². The van der Waals surface area contributed by atoms with Crippen LogP contribution in [0.2, 0.25) is 0 Å². The maximum Gasteiger partial charge on any atom is 0.295 e. The van der Waals surface area contributed by atoms with Gasteiger partial charge < -0.3 is 24.6 Å². The molecule has 0 aromatic heterocycles. The van der Waals surface area contributed by atoms with Gasteiger partial charge in [0.05, 0.1) is 31.4 Å². The number of benzene rings is 2. The Morgan fingerprint density at radius 2 is 1.91 bits per heavy atom. The van der Waals surface area contributed by atoms with E-state index in [-0.39, 0.29) is 47.5 Å². The van der Waals surface area contributed by atoms with Crippen LogP contribution in [0, 0.1) is 12.7 Å². The lowest BCUT2D eigenvalue weighted by Gasteiger charge is -2.26. The molecule has 2 N–H and O–H groups in total. The molecule has 3 rings (SSSR count). The Morgan fingerprint density at radius 1 is 1.19 bits per heavy atom. The number of ether oxygens (including phenoxy) is 2. The first kappa shape index (κ1) is 23.3. The van der Waals surface area contributed by atoms with Crippen LogP contribution in [0.5, 0.6) is 11.5 Å². The molecule has 1 atom stereocenters. The number of likely N-dealkylation sites (tertiary alicyclic amines) is 1. The van der Waals surface area contributed by atoms with Crippen molar-refractivity contribution in [2.75, 3.05) is 20.3 Å². The highest BCUT2D eigenvalue weighted by atomic mass is 19.1. The van der Waals surface area contributed by atoms with Crippen molar-refractivity contribution in [1.82, 2.24) is 4.90 Å². The van der Waals surface area contributed by atoms with Gasteiger partial charge in [0.25, 0.3) is 11.7 Å². The van der Waals surface area contributed by atoms with Crippen molar-refractivity contribution in [3.05, 3.63) is 64.5 Å². The van der Waals surface area contributed by atoms with Crippen molar-refractivity contribution in [3.8, 4) is 11.5 Å². The number of Topliss-reactive ketones (excluding diaryl/α,β-unsaturated/α-hetero) is 1. The number of aromatic hydroxyl groups is 1. The molecule has 1 aliphatic heterocycles. The zero-order chi connectivity index (χ0) is 23.6. The van der Waals surface area contributed by atoms with E-state index in [4.69, 9.17) is 9.47 Å². The number of methoxy groups -OCH3 is 1. The summed E-state index contributed by atoms with van der Waals surface area (Å²) in [6.07, 6.45) is -0.0718. The summed E-state index contributed by atoms with van der Waals surface area (Å²) in [5, 5.41) is 21.3. The Kier molecular flexibility index (Phi) is 6.84. The molecule has 0 bridgehead atoms. The lowest BCUT2D eigenvalue weighted by Crippen LogP contribution is -2.33. The average Bonchev–Trinajstić information content (AvgIpc) is 3.00. The van der Waals surface area contributed by atoms with E-state index in [1.165, 1.54) is 49.3 Å². The van der Waals surface area contributed by atoms with Crippen molar-refractivity contribution in [2.45, 2.75) is 32.9 Å². The third-order valence-corrected chi connectivity index (χ3v) is 5.27. The molecule has 1 fully saturated rings. The second-order valence-corrected chi connectivity index (χ2v) is 7.81. The number of amides is 1. The van der Waals surface area contributed by atoms with Gasteiger partial charge >= 0.3 is 0 Å². The molecule has 170 valence electrons. The normalized spacial score (nSPS) is 17.9. The Bertz CT molecular complexity index is 1080. The molecule has 2 aromatic rings. The number of phenols is 1. The number of hydrogen-bond acceptors (Lipinski definition) is 6. The quantitative estimate of drug-likeness (QED) is 0.385. The number of halogens is 1. The summed E-state index contributed by atoms with van der Waals surface area (Å²) < 4.78 is 24.3. The molecule has 0 saturated carbocycles. The number of phenolic OH excluding ortho intramolecular Hbond substituents is 1. The number of aryl methyl sites for hydroxylation is 1. The molecule has 7 nitrogen and oxygen atoms in total. The number of carbonyl (C=O) groups is 2. The molecule has 8 heteroatoms. The highest BCUT2D eigenvalue weighted by molar-refractivity contribution is 6.46. The number of carbonyl (C=O) groups excluding carboxylic acids is 2. The van der Waals surface area contributed by atoms with Gasteiger partial charge in [0.1, 0.15) is 11.6 Å². The molecule has 2 aromatic carbocycles. The Labute approximate surface area is 185 Å². The monoisotopic (exact) mass is 443 g/mol. The van der Waals surface area contributed by atoms with E-state index in [1.54, 1.807) is 6.07 Å². The van der Waals surface area contributed by atoms with Crippen LogP contribution < -0.4 is 4.74 Å². The highest BCUT2D eigenvalue weighted by Crippen LogP contribution is 2.41. The lowest BCUT2D eigenvalue weighted by atomic mass is 9.94. The first-order chi connectivity index (χ1) is 15.1. The molecular weight excluding hydrogens is 417 g/mol. The van der Waals surface area contributed by atoms with Crippen LogP contribution >= 0.6 is 0 Å². The second kappa shape index (κ2) is 9.40. The summed E-state index contributed by atoms with van der Waals surface area (Å²) in [5.41, 5.74) is 0.762. The van der Waals surface area contributed by atoms with Crippen LogP contribution in [0.3, 0.4) is 0 Å². The first-order valence-corrected chi connectivity index (χ1v) is 10.2. The first-order valence-electron chi connectivity index (χ1n) is 10.2. The fourth-order valence-electron chi connectivity index (χ4n) is 3.67. The minimum absolute atomic E-state index is 0.0718.